The number of rotatable bonds is 8. The van der Waals surface area contributed by atoms with E-state index in [-0.39, 0.29) is 11.9 Å². The van der Waals surface area contributed by atoms with E-state index < -0.39 is 5.91 Å². The lowest BCUT2D eigenvalue weighted by Crippen LogP contribution is -2.29. The van der Waals surface area contributed by atoms with Gasteiger partial charge in [0.15, 0.2) is 0 Å². The van der Waals surface area contributed by atoms with Gasteiger partial charge >= 0.3 is 0 Å². The number of carbonyl (C=O) groups excluding carboxylic acids is 2. The van der Waals surface area contributed by atoms with E-state index in [1.807, 2.05) is 24.3 Å². The molecule has 0 aliphatic heterocycles. The van der Waals surface area contributed by atoms with Gasteiger partial charge in [0, 0.05) is 11.1 Å². The number of hydrogen-bond donors (Lipinski definition) is 2. The Hall–Kier alpha value is -3.80. The van der Waals surface area contributed by atoms with E-state index in [2.05, 4.69) is 5.32 Å². The molecule has 1 saturated carbocycles. The molecule has 2 amide bonds. The van der Waals surface area contributed by atoms with Crippen LogP contribution in [0.3, 0.4) is 0 Å². The summed E-state index contributed by atoms with van der Waals surface area (Å²) in [6, 6.07) is 21.4. The van der Waals surface area contributed by atoms with Crippen LogP contribution in [0.1, 0.15) is 45.2 Å². The predicted octanol–water partition coefficient (Wildman–Crippen LogP) is 4.47. The minimum absolute atomic E-state index is 0.0156. The highest BCUT2D eigenvalue weighted by molar-refractivity contribution is 5.94. The number of nitrogens with one attached hydrogen (secondary N) is 1. The Bertz CT molecular complexity index is 1060. The van der Waals surface area contributed by atoms with Crippen molar-refractivity contribution in [2.75, 3.05) is 7.11 Å². The Morgan fingerprint density at radius 2 is 1.35 bits per heavy atom. The van der Waals surface area contributed by atoms with Gasteiger partial charge < -0.3 is 20.5 Å². The number of methoxy groups -OCH3 is 1. The second-order valence-electron chi connectivity index (χ2n) is 7.58. The monoisotopic (exact) mass is 416 g/mol. The molecule has 3 aromatic carbocycles. The molecule has 0 bridgehead atoms. The molecule has 6 heteroatoms. The Morgan fingerprint density at radius 1 is 0.839 bits per heavy atom. The second kappa shape index (κ2) is 8.92. The van der Waals surface area contributed by atoms with E-state index in [9.17, 15) is 9.59 Å². The van der Waals surface area contributed by atoms with Gasteiger partial charge in [-0.2, -0.15) is 0 Å². The van der Waals surface area contributed by atoms with Gasteiger partial charge in [-0.05, 0) is 85.0 Å². The van der Waals surface area contributed by atoms with E-state index >= 15 is 0 Å². The first-order valence-corrected chi connectivity index (χ1v) is 10.2. The summed E-state index contributed by atoms with van der Waals surface area (Å²) in [6.07, 6.45) is 2.22. The summed E-state index contributed by atoms with van der Waals surface area (Å²) in [4.78, 5) is 24.0. The minimum Gasteiger partial charge on any atom is -0.497 e. The largest absolute Gasteiger partial charge is 0.497 e. The molecule has 1 aliphatic carbocycles. The summed E-state index contributed by atoms with van der Waals surface area (Å²) in [6.45, 7) is 0. The normalized spacial score (nSPS) is 13.8. The second-order valence-corrected chi connectivity index (χ2v) is 7.58. The summed E-state index contributed by atoms with van der Waals surface area (Å²) in [5.74, 6) is 1.83. The summed E-state index contributed by atoms with van der Waals surface area (Å²) in [5.41, 5.74) is 7.31. The van der Waals surface area contributed by atoms with Crippen molar-refractivity contribution >= 4 is 11.8 Å². The van der Waals surface area contributed by atoms with Crippen molar-refractivity contribution in [3.8, 4) is 17.2 Å². The maximum atomic E-state index is 12.8. The number of nitrogens with two attached hydrogens (primary N) is 1. The van der Waals surface area contributed by atoms with Crippen molar-refractivity contribution in [3.05, 3.63) is 89.5 Å². The van der Waals surface area contributed by atoms with Gasteiger partial charge in [0.25, 0.3) is 5.91 Å². The Labute approximate surface area is 181 Å². The molecule has 0 spiro atoms. The van der Waals surface area contributed by atoms with Gasteiger partial charge in [-0.1, -0.05) is 12.1 Å². The fraction of sp³-hybridized carbons (Fsp3) is 0.200. The van der Waals surface area contributed by atoms with Gasteiger partial charge in [0.05, 0.1) is 13.2 Å². The molecule has 1 fully saturated rings. The van der Waals surface area contributed by atoms with E-state index in [0.717, 1.165) is 24.2 Å². The molecule has 0 heterocycles. The quantitative estimate of drug-likeness (QED) is 0.567. The average Bonchev–Trinajstić information content (AvgIpc) is 3.63. The lowest BCUT2D eigenvalue weighted by atomic mass is 10.0. The van der Waals surface area contributed by atoms with Gasteiger partial charge in [-0.3, -0.25) is 9.59 Å². The molecule has 0 aromatic heterocycles. The fourth-order valence-corrected chi connectivity index (χ4v) is 3.44. The van der Waals surface area contributed by atoms with Crippen molar-refractivity contribution in [2.45, 2.75) is 18.9 Å². The van der Waals surface area contributed by atoms with Gasteiger partial charge in [0.1, 0.15) is 17.2 Å². The van der Waals surface area contributed by atoms with Crippen LogP contribution < -0.4 is 20.5 Å². The molecule has 31 heavy (non-hydrogen) atoms. The Morgan fingerprint density at radius 3 is 1.84 bits per heavy atom. The molecule has 1 unspecified atom stereocenters. The third-order valence-corrected chi connectivity index (χ3v) is 5.35. The van der Waals surface area contributed by atoms with Crippen molar-refractivity contribution in [1.29, 1.82) is 0 Å². The zero-order valence-electron chi connectivity index (χ0n) is 17.2. The molecule has 1 atom stereocenters. The van der Waals surface area contributed by atoms with Crippen LogP contribution in [0.25, 0.3) is 0 Å². The van der Waals surface area contributed by atoms with Crippen LogP contribution in [0.15, 0.2) is 72.8 Å². The van der Waals surface area contributed by atoms with Crippen LogP contribution in [0.4, 0.5) is 0 Å². The molecule has 6 nitrogen and oxygen atoms in total. The van der Waals surface area contributed by atoms with Crippen LogP contribution >= 0.6 is 0 Å². The number of ether oxygens (including phenoxy) is 2. The van der Waals surface area contributed by atoms with E-state index in [0.29, 0.717) is 28.5 Å². The van der Waals surface area contributed by atoms with Gasteiger partial charge in [0.2, 0.25) is 5.91 Å². The van der Waals surface area contributed by atoms with Crippen molar-refractivity contribution in [1.82, 2.24) is 5.32 Å². The summed E-state index contributed by atoms with van der Waals surface area (Å²) < 4.78 is 11.0. The highest BCUT2D eigenvalue weighted by Gasteiger charge is 2.33. The van der Waals surface area contributed by atoms with Crippen LogP contribution in [-0.2, 0) is 0 Å². The number of hydrogen-bond acceptors (Lipinski definition) is 4. The number of benzene rings is 3. The van der Waals surface area contributed by atoms with Crippen LogP contribution in [0, 0.1) is 5.92 Å². The lowest BCUT2D eigenvalue weighted by molar-refractivity contribution is 0.0930. The molecule has 3 N–H and O–H groups in total. The maximum absolute atomic E-state index is 12.8. The van der Waals surface area contributed by atoms with Gasteiger partial charge in [-0.25, -0.2) is 0 Å². The van der Waals surface area contributed by atoms with E-state index in [1.165, 1.54) is 0 Å². The summed E-state index contributed by atoms with van der Waals surface area (Å²) in [7, 11) is 1.64. The molecule has 1 aliphatic rings. The van der Waals surface area contributed by atoms with Crippen molar-refractivity contribution < 1.29 is 19.1 Å². The molecule has 158 valence electrons. The standard InChI is InChI=1S/C25H24N2O4/c1-30-20-10-4-17(5-11-20)23(16-2-3-16)27-25(29)19-8-14-22(15-9-19)31-21-12-6-18(7-13-21)24(26)28/h4-16,23H,2-3H2,1H3,(H2,26,28)(H,27,29). The maximum Gasteiger partial charge on any atom is 0.251 e. The minimum atomic E-state index is -0.485. The lowest BCUT2D eigenvalue weighted by Gasteiger charge is -2.19. The first-order valence-electron chi connectivity index (χ1n) is 10.2. The Kier molecular flexibility index (Phi) is 5.89. The highest BCUT2D eigenvalue weighted by Crippen LogP contribution is 2.41. The smallest absolute Gasteiger partial charge is 0.251 e. The van der Waals surface area contributed by atoms with Crippen LogP contribution in [-0.4, -0.2) is 18.9 Å². The molecule has 4 rings (SSSR count). The number of carbonyl (C=O) groups is 2. The fourth-order valence-electron chi connectivity index (χ4n) is 3.44. The zero-order valence-corrected chi connectivity index (χ0v) is 17.2. The average molecular weight is 416 g/mol. The molecular formula is C25H24N2O4. The molecule has 0 saturated heterocycles. The van der Waals surface area contributed by atoms with Crippen LogP contribution in [0.2, 0.25) is 0 Å². The van der Waals surface area contributed by atoms with E-state index in [4.69, 9.17) is 15.2 Å². The van der Waals surface area contributed by atoms with Gasteiger partial charge in [-0.15, -0.1) is 0 Å². The third kappa shape index (κ3) is 5.04. The molecule has 3 aromatic rings. The van der Waals surface area contributed by atoms with Crippen molar-refractivity contribution in [2.24, 2.45) is 11.7 Å². The Balaban J connectivity index is 1.41. The number of primary amides is 1. The molecular weight excluding hydrogens is 392 g/mol. The zero-order chi connectivity index (χ0) is 21.8. The van der Waals surface area contributed by atoms with E-state index in [1.54, 1.807) is 55.6 Å². The SMILES string of the molecule is COc1ccc(C(NC(=O)c2ccc(Oc3ccc(C(N)=O)cc3)cc2)C2CC2)cc1. The highest BCUT2D eigenvalue weighted by atomic mass is 16.5. The summed E-state index contributed by atoms with van der Waals surface area (Å²) >= 11 is 0. The van der Waals surface area contributed by atoms with Crippen LogP contribution in [0.5, 0.6) is 17.2 Å². The summed E-state index contributed by atoms with van der Waals surface area (Å²) in [5, 5.41) is 3.17. The predicted molar refractivity (Wildman–Crippen MR) is 117 cm³/mol. The first-order chi connectivity index (χ1) is 15.0. The van der Waals surface area contributed by atoms with Crippen molar-refractivity contribution in [3.63, 3.8) is 0 Å². The topological polar surface area (TPSA) is 90.7 Å². The molecule has 0 radical (unpaired) electrons. The number of amides is 2. The first kappa shape index (κ1) is 20.5. The third-order valence-electron chi connectivity index (χ3n) is 5.35.